The molecule has 0 rings (SSSR count). The van der Waals surface area contributed by atoms with Crippen LogP contribution in [0, 0.1) is 11.8 Å². The molecule has 1 atom stereocenters. The second-order valence-electron chi connectivity index (χ2n) is 7.66. The molecule has 150 valence electrons. The standard InChI is InChI=1S/C20H42.C3H4O2/c1-5-7-9-10-11-12-13-14-15-16-18-20(19(3)4)17-8-6-2;1-2-3(4)5/h19-20H,5-18H2,1-4H3;2H,1H2,(H,4,5). The van der Waals surface area contributed by atoms with Gasteiger partial charge in [-0.1, -0.05) is 124 Å². The molecule has 0 spiro atoms. The van der Waals surface area contributed by atoms with Crippen molar-refractivity contribution in [2.45, 2.75) is 118 Å². The van der Waals surface area contributed by atoms with Gasteiger partial charge in [0.2, 0.25) is 0 Å². The first-order valence-electron chi connectivity index (χ1n) is 10.8. The molecule has 0 aromatic carbocycles. The lowest BCUT2D eigenvalue weighted by Gasteiger charge is -2.20. The Morgan fingerprint density at radius 3 is 1.52 bits per heavy atom. The van der Waals surface area contributed by atoms with E-state index in [-0.39, 0.29) is 0 Å². The summed E-state index contributed by atoms with van der Waals surface area (Å²) in [4.78, 5) is 9.25. The monoisotopic (exact) mass is 354 g/mol. The Morgan fingerprint density at radius 1 is 0.800 bits per heavy atom. The molecule has 0 saturated heterocycles. The average Bonchev–Trinajstić information content (AvgIpc) is 2.59. The minimum absolute atomic E-state index is 0.833. The highest BCUT2D eigenvalue weighted by atomic mass is 16.4. The van der Waals surface area contributed by atoms with Crippen LogP contribution in [-0.4, -0.2) is 11.1 Å². The molecule has 1 unspecified atom stereocenters. The SMILES string of the molecule is C=CC(=O)O.CCCCCCCCCCCCC(CCCC)C(C)C. The van der Waals surface area contributed by atoms with Crippen molar-refractivity contribution in [2.75, 3.05) is 0 Å². The Kier molecular flexibility index (Phi) is 22.5. The van der Waals surface area contributed by atoms with E-state index >= 15 is 0 Å². The number of hydrogen-bond acceptors (Lipinski definition) is 1. The molecule has 0 amide bonds. The topological polar surface area (TPSA) is 37.3 Å². The van der Waals surface area contributed by atoms with E-state index in [4.69, 9.17) is 5.11 Å². The first-order chi connectivity index (χ1) is 12.0. The van der Waals surface area contributed by atoms with Gasteiger partial charge in [0.1, 0.15) is 0 Å². The molecule has 25 heavy (non-hydrogen) atoms. The summed E-state index contributed by atoms with van der Waals surface area (Å²) in [5, 5.41) is 7.60. The molecule has 1 N–H and O–H groups in total. The van der Waals surface area contributed by atoms with Crippen LogP contribution in [0.3, 0.4) is 0 Å². The summed E-state index contributed by atoms with van der Waals surface area (Å²) < 4.78 is 0. The molecule has 0 saturated carbocycles. The fourth-order valence-corrected chi connectivity index (χ4v) is 3.17. The number of carboxylic acids is 1. The van der Waals surface area contributed by atoms with Gasteiger partial charge in [-0.05, 0) is 11.8 Å². The molecule has 0 fully saturated rings. The summed E-state index contributed by atoms with van der Waals surface area (Å²) in [7, 11) is 0. The molecule has 0 radical (unpaired) electrons. The van der Waals surface area contributed by atoms with Gasteiger partial charge < -0.3 is 5.11 Å². The Morgan fingerprint density at radius 2 is 1.16 bits per heavy atom. The lowest BCUT2D eigenvalue weighted by atomic mass is 9.86. The smallest absolute Gasteiger partial charge is 0.327 e. The van der Waals surface area contributed by atoms with E-state index in [2.05, 4.69) is 34.3 Å². The van der Waals surface area contributed by atoms with Gasteiger partial charge in [-0.15, -0.1) is 0 Å². The number of carbonyl (C=O) groups is 1. The fourth-order valence-electron chi connectivity index (χ4n) is 3.17. The third kappa shape index (κ3) is 23.2. The van der Waals surface area contributed by atoms with Crippen molar-refractivity contribution in [3.63, 3.8) is 0 Å². The zero-order chi connectivity index (χ0) is 19.3. The Balaban J connectivity index is 0. The predicted octanol–water partition coefficient (Wildman–Crippen LogP) is 8.02. The van der Waals surface area contributed by atoms with Crippen LogP contribution in [0.5, 0.6) is 0 Å². The van der Waals surface area contributed by atoms with Crippen LogP contribution in [-0.2, 0) is 4.79 Å². The van der Waals surface area contributed by atoms with Crippen LogP contribution in [0.25, 0.3) is 0 Å². The van der Waals surface area contributed by atoms with Crippen LogP contribution in [0.1, 0.15) is 118 Å². The summed E-state index contributed by atoms with van der Waals surface area (Å²) >= 11 is 0. The quantitative estimate of drug-likeness (QED) is 0.225. The molecule has 0 heterocycles. The van der Waals surface area contributed by atoms with Crippen LogP contribution < -0.4 is 0 Å². The molecule has 0 aliphatic heterocycles. The molecule has 0 aromatic heterocycles. The van der Waals surface area contributed by atoms with E-state index in [1.54, 1.807) is 0 Å². The van der Waals surface area contributed by atoms with Gasteiger partial charge in [0.15, 0.2) is 0 Å². The van der Waals surface area contributed by atoms with Crippen molar-refractivity contribution in [2.24, 2.45) is 11.8 Å². The van der Waals surface area contributed by atoms with Gasteiger partial charge in [0.05, 0.1) is 0 Å². The van der Waals surface area contributed by atoms with Gasteiger partial charge in [-0.3, -0.25) is 0 Å². The van der Waals surface area contributed by atoms with E-state index in [9.17, 15) is 4.79 Å². The summed E-state index contributed by atoms with van der Waals surface area (Å²) in [5.41, 5.74) is 0. The summed E-state index contributed by atoms with van der Waals surface area (Å²) in [5.74, 6) is 0.897. The van der Waals surface area contributed by atoms with Crippen molar-refractivity contribution >= 4 is 5.97 Å². The molecule has 2 heteroatoms. The second kappa shape index (κ2) is 21.3. The first kappa shape index (κ1) is 26.4. The van der Waals surface area contributed by atoms with Crippen molar-refractivity contribution in [3.8, 4) is 0 Å². The van der Waals surface area contributed by atoms with E-state index in [1.165, 1.54) is 89.9 Å². The first-order valence-corrected chi connectivity index (χ1v) is 10.8. The Labute approximate surface area is 158 Å². The van der Waals surface area contributed by atoms with Gasteiger partial charge in [-0.25, -0.2) is 4.79 Å². The third-order valence-corrected chi connectivity index (χ3v) is 4.97. The normalized spacial score (nSPS) is 11.7. The van der Waals surface area contributed by atoms with E-state index in [0.717, 1.165) is 17.9 Å². The highest BCUT2D eigenvalue weighted by molar-refractivity contribution is 5.78. The highest BCUT2D eigenvalue weighted by Crippen LogP contribution is 2.24. The number of hydrogen-bond donors (Lipinski definition) is 1. The van der Waals surface area contributed by atoms with E-state index < -0.39 is 5.97 Å². The second-order valence-corrected chi connectivity index (χ2v) is 7.66. The highest BCUT2D eigenvalue weighted by Gasteiger charge is 2.11. The zero-order valence-corrected chi connectivity index (χ0v) is 17.7. The summed E-state index contributed by atoms with van der Waals surface area (Å²) in [6.45, 7) is 12.4. The molecular weight excluding hydrogens is 308 g/mol. The molecular formula is C23H46O2. The largest absolute Gasteiger partial charge is 0.478 e. The minimum Gasteiger partial charge on any atom is -0.478 e. The van der Waals surface area contributed by atoms with Gasteiger partial charge in [-0.2, -0.15) is 0 Å². The lowest BCUT2D eigenvalue weighted by molar-refractivity contribution is -0.131. The maximum Gasteiger partial charge on any atom is 0.327 e. The fraction of sp³-hybridized carbons (Fsp3) is 0.870. The maximum atomic E-state index is 9.25. The maximum absolute atomic E-state index is 9.25. The van der Waals surface area contributed by atoms with Crippen LogP contribution >= 0.6 is 0 Å². The molecule has 0 bridgehead atoms. The Bertz CT molecular complexity index is 284. The zero-order valence-electron chi connectivity index (χ0n) is 17.7. The average molecular weight is 355 g/mol. The number of carboxylic acid groups (broad SMARTS) is 1. The van der Waals surface area contributed by atoms with Crippen molar-refractivity contribution in [1.82, 2.24) is 0 Å². The minimum atomic E-state index is -0.981. The van der Waals surface area contributed by atoms with E-state index in [0.29, 0.717) is 0 Å². The number of aliphatic carboxylic acids is 1. The van der Waals surface area contributed by atoms with Gasteiger partial charge in [0, 0.05) is 6.08 Å². The van der Waals surface area contributed by atoms with E-state index in [1.807, 2.05) is 0 Å². The summed E-state index contributed by atoms with van der Waals surface area (Å²) in [6.07, 6.45) is 21.2. The lowest BCUT2D eigenvalue weighted by Crippen LogP contribution is -2.08. The van der Waals surface area contributed by atoms with Crippen molar-refractivity contribution in [3.05, 3.63) is 12.7 Å². The predicted molar refractivity (Wildman–Crippen MR) is 112 cm³/mol. The van der Waals surface area contributed by atoms with Gasteiger partial charge >= 0.3 is 5.97 Å². The molecule has 0 aromatic rings. The Hall–Kier alpha value is -0.790. The van der Waals surface area contributed by atoms with Crippen molar-refractivity contribution < 1.29 is 9.90 Å². The van der Waals surface area contributed by atoms with Crippen LogP contribution in [0.2, 0.25) is 0 Å². The molecule has 0 aliphatic rings. The van der Waals surface area contributed by atoms with Crippen LogP contribution in [0.15, 0.2) is 12.7 Å². The summed E-state index contributed by atoms with van der Waals surface area (Å²) in [6, 6.07) is 0. The van der Waals surface area contributed by atoms with Crippen LogP contribution in [0.4, 0.5) is 0 Å². The molecule has 0 aliphatic carbocycles. The van der Waals surface area contributed by atoms with Gasteiger partial charge in [0.25, 0.3) is 0 Å². The third-order valence-electron chi connectivity index (χ3n) is 4.97. The molecule has 2 nitrogen and oxygen atoms in total. The van der Waals surface area contributed by atoms with Crippen molar-refractivity contribution in [1.29, 1.82) is 0 Å². The number of rotatable bonds is 16. The number of unbranched alkanes of at least 4 members (excludes halogenated alkanes) is 10.